The number of amides is 1. The molecule has 0 unspecified atom stereocenters. The first-order valence-corrected chi connectivity index (χ1v) is 7.18. The van der Waals surface area contributed by atoms with Gasteiger partial charge in [-0.25, -0.2) is 4.98 Å². The Bertz CT molecular complexity index is 689. The van der Waals surface area contributed by atoms with Crippen molar-refractivity contribution in [2.24, 2.45) is 0 Å². The lowest BCUT2D eigenvalue weighted by Crippen LogP contribution is -2.23. The first-order chi connectivity index (χ1) is 11.5. The Morgan fingerprint density at radius 3 is 2.38 bits per heavy atom. The first-order valence-electron chi connectivity index (χ1n) is 7.18. The highest BCUT2D eigenvalue weighted by atomic mass is 16.5. The SMILES string of the molecule is COc1ccc(OCC(=O)Nc2cnc(OC)nc2N(C)C)cc1. The Hall–Kier alpha value is -3.03. The summed E-state index contributed by atoms with van der Waals surface area (Å²) in [5.41, 5.74) is 0.476. The van der Waals surface area contributed by atoms with Crippen molar-refractivity contribution < 1.29 is 19.0 Å². The molecular formula is C16H20N4O4. The lowest BCUT2D eigenvalue weighted by molar-refractivity contribution is -0.118. The highest BCUT2D eigenvalue weighted by Crippen LogP contribution is 2.23. The lowest BCUT2D eigenvalue weighted by atomic mass is 10.3. The number of hydrogen-bond acceptors (Lipinski definition) is 7. The van der Waals surface area contributed by atoms with Gasteiger partial charge in [-0.1, -0.05) is 0 Å². The molecule has 0 saturated heterocycles. The number of aromatic nitrogens is 2. The number of nitrogens with zero attached hydrogens (tertiary/aromatic N) is 3. The summed E-state index contributed by atoms with van der Waals surface area (Å²) in [6.45, 7) is -0.134. The molecular weight excluding hydrogens is 312 g/mol. The predicted molar refractivity (Wildman–Crippen MR) is 90.0 cm³/mol. The van der Waals surface area contributed by atoms with Crippen LogP contribution in [0.25, 0.3) is 0 Å². The van der Waals surface area contributed by atoms with Crippen molar-refractivity contribution in [3.8, 4) is 17.5 Å². The molecule has 1 heterocycles. The molecule has 24 heavy (non-hydrogen) atoms. The summed E-state index contributed by atoms with van der Waals surface area (Å²) in [7, 11) is 6.69. The van der Waals surface area contributed by atoms with Gasteiger partial charge in [-0.05, 0) is 24.3 Å². The summed E-state index contributed by atoms with van der Waals surface area (Å²) in [6.07, 6.45) is 1.49. The number of rotatable bonds is 7. The Kier molecular flexibility index (Phi) is 5.78. The summed E-state index contributed by atoms with van der Waals surface area (Å²) >= 11 is 0. The number of ether oxygens (including phenoxy) is 3. The summed E-state index contributed by atoms with van der Waals surface area (Å²) in [5.74, 6) is 1.52. The van der Waals surface area contributed by atoms with Crippen LogP contribution >= 0.6 is 0 Å². The maximum Gasteiger partial charge on any atom is 0.318 e. The van der Waals surface area contributed by atoms with Gasteiger partial charge in [0.15, 0.2) is 12.4 Å². The number of carbonyl (C=O) groups excluding carboxylic acids is 1. The minimum absolute atomic E-state index is 0.134. The maximum atomic E-state index is 12.1. The lowest BCUT2D eigenvalue weighted by Gasteiger charge is -2.16. The van der Waals surface area contributed by atoms with Gasteiger partial charge in [0, 0.05) is 14.1 Å². The van der Waals surface area contributed by atoms with Gasteiger partial charge in [0.2, 0.25) is 0 Å². The molecule has 2 aromatic rings. The van der Waals surface area contributed by atoms with Crippen LogP contribution in [-0.4, -0.2) is 50.8 Å². The van der Waals surface area contributed by atoms with Crippen LogP contribution in [0.15, 0.2) is 30.5 Å². The fourth-order valence-corrected chi connectivity index (χ4v) is 1.89. The van der Waals surface area contributed by atoms with Crippen molar-refractivity contribution in [3.63, 3.8) is 0 Å². The van der Waals surface area contributed by atoms with Crippen LogP contribution < -0.4 is 24.4 Å². The van der Waals surface area contributed by atoms with E-state index in [0.29, 0.717) is 17.3 Å². The predicted octanol–water partition coefficient (Wildman–Crippen LogP) is 1.58. The van der Waals surface area contributed by atoms with Crippen LogP contribution in [0.2, 0.25) is 0 Å². The Balaban J connectivity index is 1.98. The molecule has 1 aromatic heterocycles. The van der Waals surface area contributed by atoms with Gasteiger partial charge in [0.1, 0.15) is 17.2 Å². The van der Waals surface area contributed by atoms with Gasteiger partial charge in [0.05, 0.1) is 20.4 Å². The van der Waals surface area contributed by atoms with Gasteiger partial charge >= 0.3 is 6.01 Å². The van der Waals surface area contributed by atoms with Crippen molar-refractivity contribution in [1.82, 2.24) is 9.97 Å². The molecule has 8 heteroatoms. The van der Waals surface area contributed by atoms with Crippen molar-refractivity contribution >= 4 is 17.4 Å². The van der Waals surface area contributed by atoms with E-state index in [0.717, 1.165) is 5.75 Å². The maximum absolute atomic E-state index is 12.1. The number of hydrogen-bond donors (Lipinski definition) is 1. The summed E-state index contributed by atoms with van der Waals surface area (Å²) in [4.78, 5) is 22.0. The van der Waals surface area contributed by atoms with E-state index in [-0.39, 0.29) is 18.5 Å². The van der Waals surface area contributed by atoms with Crippen molar-refractivity contribution in [2.45, 2.75) is 0 Å². The average Bonchev–Trinajstić information content (AvgIpc) is 2.60. The Morgan fingerprint density at radius 2 is 1.79 bits per heavy atom. The molecule has 0 saturated carbocycles. The molecule has 8 nitrogen and oxygen atoms in total. The number of anilines is 2. The van der Waals surface area contributed by atoms with Crippen LogP contribution in [0.5, 0.6) is 17.5 Å². The van der Waals surface area contributed by atoms with Gasteiger partial charge < -0.3 is 24.4 Å². The minimum Gasteiger partial charge on any atom is -0.497 e. The highest BCUT2D eigenvalue weighted by Gasteiger charge is 2.13. The molecule has 0 spiro atoms. The second-order valence-electron chi connectivity index (χ2n) is 5.00. The zero-order valence-corrected chi connectivity index (χ0v) is 14.1. The number of nitrogens with one attached hydrogen (secondary N) is 1. The van der Waals surface area contributed by atoms with Crippen LogP contribution in [0.3, 0.4) is 0 Å². The third-order valence-electron chi connectivity index (χ3n) is 3.06. The van der Waals surface area contributed by atoms with Crippen LogP contribution in [0.4, 0.5) is 11.5 Å². The van der Waals surface area contributed by atoms with E-state index < -0.39 is 0 Å². The van der Waals surface area contributed by atoms with E-state index in [2.05, 4.69) is 15.3 Å². The molecule has 2 rings (SSSR count). The molecule has 0 bridgehead atoms. The normalized spacial score (nSPS) is 10.0. The zero-order valence-electron chi connectivity index (χ0n) is 14.1. The minimum atomic E-state index is -0.317. The van der Waals surface area contributed by atoms with Crippen LogP contribution in [-0.2, 0) is 4.79 Å². The fourth-order valence-electron chi connectivity index (χ4n) is 1.89. The van der Waals surface area contributed by atoms with Gasteiger partial charge in [0.25, 0.3) is 5.91 Å². The molecule has 0 aliphatic heterocycles. The summed E-state index contributed by atoms with van der Waals surface area (Å²) in [6, 6.07) is 7.21. The van der Waals surface area contributed by atoms with E-state index in [9.17, 15) is 4.79 Å². The molecule has 0 fully saturated rings. The van der Waals surface area contributed by atoms with Crippen molar-refractivity contribution in [2.75, 3.05) is 45.1 Å². The van der Waals surface area contributed by atoms with Crippen LogP contribution in [0.1, 0.15) is 0 Å². The summed E-state index contributed by atoms with van der Waals surface area (Å²) < 4.78 is 15.5. The molecule has 0 radical (unpaired) electrons. The van der Waals surface area contributed by atoms with E-state index in [1.165, 1.54) is 13.3 Å². The topological polar surface area (TPSA) is 85.8 Å². The summed E-state index contributed by atoms with van der Waals surface area (Å²) in [5, 5.41) is 2.73. The Morgan fingerprint density at radius 1 is 1.12 bits per heavy atom. The highest BCUT2D eigenvalue weighted by molar-refractivity contribution is 5.94. The van der Waals surface area contributed by atoms with Crippen LogP contribution in [0, 0.1) is 0 Å². The number of carbonyl (C=O) groups is 1. The molecule has 0 aliphatic rings. The second kappa shape index (κ2) is 8.00. The third kappa shape index (κ3) is 4.48. The van der Waals surface area contributed by atoms with Gasteiger partial charge in [-0.15, -0.1) is 0 Å². The molecule has 0 aliphatic carbocycles. The van der Waals surface area contributed by atoms with E-state index in [1.54, 1.807) is 36.3 Å². The van der Waals surface area contributed by atoms with E-state index >= 15 is 0 Å². The largest absolute Gasteiger partial charge is 0.497 e. The molecule has 1 amide bonds. The second-order valence-corrected chi connectivity index (χ2v) is 5.00. The monoisotopic (exact) mass is 332 g/mol. The van der Waals surface area contributed by atoms with Gasteiger partial charge in [-0.2, -0.15) is 4.98 Å². The molecule has 128 valence electrons. The quantitative estimate of drug-likeness (QED) is 0.824. The van der Waals surface area contributed by atoms with Crippen molar-refractivity contribution in [1.29, 1.82) is 0 Å². The standard InChI is InChI=1S/C16H20N4O4/c1-20(2)15-13(9-17-16(19-15)23-4)18-14(21)10-24-12-7-5-11(22-3)6-8-12/h5-9H,10H2,1-4H3,(H,18,21). The smallest absolute Gasteiger partial charge is 0.318 e. The number of benzene rings is 1. The van der Waals surface area contributed by atoms with Crippen molar-refractivity contribution in [3.05, 3.63) is 30.5 Å². The number of methoxy groups -OCH3 is 2. The Labute approximate surface area is 140 Å². The van der Waals surface area contributed by atoms with E-state index in [4.69, 9.17) is 14.2 Å². The molecule has 0 atom stereocenters. The van der Waals surface area contributed by atoms with E-state index in [1.807, 2.05) is 14.1 Å². The molecule has 1 N–H and O–H groups in total. The van der Waals surface area contributed by atoms with Gasteiger partial charge in [-0.3, -0.25) is 4.79 Å². The third-order valence-corrected chi connectivity index (χ3v) is 3.06. The molecule has 1 aromatic carbocycles. The first kappa shape index (κ1) is 17.3. The fraction of sp³-hybridized carbons (Fsp3) is 0.312. The zero-order chi connectivity index (χ0) is 17.5. The average molecular weight is 332 g/mol.